The van der Waals surface area contributed by atoms with E-state index in [1.165, 1.54) is 12.8 Å². The number of carbonyl (C=O) groups excluding carboxylic acids is 1. The first kappa shape index (κ1) is 16.1. The maximum absolute atomic E-state index is 12.6. The lowest BCUT2D eigenvalue weighted by atomic mass is 9.92. The van der Waals surface area contributed by atoms with Gasteiger partial charge in [0, 0.05) is 32.1 Å². The van der Waals surface area contributed by atoms with Gasteiger partial charge in [-0.1, -0.05) is 0 Å². The van der Waals surface area contributed by atoms with Gasteiger partial charge in [-0.15, -0.1) is 0 Å². The second kappa shape index (κ2) is 7.14. The molecule has 0 aromatic rings. The van der Waals surface area contributed by atoms with Gasteiger partial charge in [0.15, 0.2) is 0 Å². The van der Waals surface area contributed by atoms with Crippen LogP contribution in [0.15, 0.2) is 0 Å². The lowest BCUT2D eigenvalue weighted by Crippen LogP contribution is -2.49. The number of hydrogen-bond donors (Lipinski definition) is 1. The first-order valence-corrected chi connectivity index (χ1v) is 8.24. The van der Waals surface area contributed by atoms with E-state index >= 15 is 0 Å². The molecule has 2 amide bonds. The van der Waals surface area contributed by atoms with Crippen molar-refractivity contribution in [1.82, 2.24) is 9.80 Å². The Hall–Kier alpha value is -1.26. The van der Waals surface area contributed by atoms with Gasteiger partial charge in [0.05, 0.1) is 0 Å². The van der Waals surface area contributed by atoms with E-state index in [0.29, 0.717) is 11.8 Å². The van der Waals surface area contributed by atoms with Crippen molar-refractivity contribution in [3.8, 4) is 0 Å². The zero-order valence-electron chi connectivity index (χ0n) is 13.3. The molecule has 1 aliphatic heterocycles. The van der Waals surface area contributed by atoms with Crippen molar-refractivity contribution in [2.45, 2.75) is 58.4 Å². The van der Waals surface area contributed by atoms with Gasteiger partial charge in [-0.05, 0) is 57.8 Å². The van der Waals surface area contributed by atoms with Gasteiger partial charge >= 0.3 is 12.0 Å². The SMILES string of the molecule is CC(C)N(CC1CC1)C(=O)N1CCC(CCC(=O)O)CC1. The highest BCUT2D eigenvalue weighted by molar-refractivity contribution is 5.75. The van der Waals surface area contributed by atoms with Crippen LogP contribution >= 0.6 is 0 Å². The molecule has 0 bridgehead atoms. The number of aliphatic carboxylic acids is 1. The molecule has 1 saturated heterocycles. The number of urea groups is 1. The number of likely N-dealkylation sites (tertiary alicyclic amines) is 1. The van der Waals surface area contributed by atoms with Crippen LogP contribution in [0.2, 0.25) is 0 Å². The summed E-state index contributed by atoms with van der Waals surface area (Å²) in [7, 11) is 0. The Morgan fingerprint density at radius 2 is 1.76 bits per heavy atom. The van der Waals surface area contributed by atoms with Gasteiger partial charge in [0.1, 0.15) is 0 Å². The van der Waals surface area contributed by atoms with Crippen LogP contribution in [0.1, 0.15) is 52.4 Å². The predicted octanol–water partition coefficient (Wildman–Crippen LogP) is 2.80. The lowest BCUT2D eigenvalue weighted by molar-refractivity contribution is -0.137. The summed E-state index contributed by atoms with van der Waals surface area (Å²) in [6.45, 7) is 6.61. The molecule has 0 spiro atoms. The number of amides is 2. The minimum absolute atomic E-state index is 0.175. The quantitative estimate of drug-likeness (QED) is 0.820. The molecule has 0 atom stereocenters. The molecule has 1 heterocycles. The summed E-state index contributed by atoms with van der Waals surface area (Å²) in [5.74, 6) is 0.453. The highest BCUT2D eigenvalue weighted by Crippen LogP contribution is 2.31. The largest absolute Gasteiger partial charge is 0.481 e. The summed E-state index contributed by atoms with van der Waals surface area (Å²) < 4.78 is 0. The van der Waals surface area contributed by atoms with Crippen molar-refractivity contribution in [1.29, 1.82) is 0 Å². The lowest BCUT2D eigenvalue weighted by Gasteiger charge is -2.37. The summed E-state index contributed by atoms with van der Waals surface area (Å²) >= 11 is 0. The molecule has 5 nitrogen and oxygen atoms in total. The Bertz CT molecular complexity index is 372. The average Bonchev–Trinajstić information content (AvgIpc) is 3.26. The summed E-state index contributed by atoms with van der Waals surface area (Å²) in [5.41, 5.74) is 0. The fourth-order valence-corrected chi connectivity index (χ4v) is 3.01. The van der Waals surface area contributed by atoms with Crippen molar-refractivity contribution in [2.24, 2.45) is 11.8 Å². The minimum Gasteiger partial charge on any atom is -0.481 e. The van der Waals surface area contributed by atoms with E-state index in [0.717, 1.165) is 38.9 Å². The van der Waals surface area contributed by atoms with Gasteiger partial charge in [0.25, 0.3) is 0 Å². The molecule has 2 aliphatic rings. The number of rotatable bonds is 6. The van der Waals surface area contributed by atoms with Gasteiger partial charge in [-0.3, -0.25) is 4.79 Å². The van der Waals surface area contributed by atoms with Crippen molar-refractivity contribution >= 4 is 12.0 Å². The highest BCUT2D eigenvalue weighted by atomic mass is 16.4. The second-order valence-corrected chi connectivity index (χ2v) is 6.83. The van der Waals surface area contributed by atoms with Crippen LogP contribution in [0, 0.1) is 11.8 Å². The monoisotopic (exact) mass is 296 g/mol. The summed E-state index contributed by atoms with van der Waals surface area (Å²) in [6.07, 6.45) is 5.38. The summed E-state index contributed by atoms with van der Waals surface area (Å²) in [4.78, 5) is 27.2. The number of piperidine rings is 1. The highest BCUT2D eigenvalue weighted by Gasteiger charge is 2.32. The van der Waals surface area contributed by atoms with Crippen molar-refractivity contribution in [3.05, 3.63) is 0 Å². The molecular weight excluding hydrogens is 268 g/mol. The van der Waals surface area contributed by atoms with Crippen molar-refractivity contribution < 1.29 is 14.7 Å². The minimum atomic E-state index is -0.719. The molecule has 2 rings (SSSR count). The molecule has 0 aromatic carbocycles. The topological polar surface area (TPSA) is 60.9 Å². The van der Waals surface area contributed by atoms with Gasteiger partial charge in [-0.25, -0.2) is 4.79 Å². The molecule has 120 valence electrons. The molecule has 2 fully saturated rings. The van der Waals surface area contributed by atoms with Crippen LogP contribution < -0.4 is 0 Å². The zero-order valence-corrected chi connectivity index (χ0v) is 13.3. The van der Waals surface area contributed by atoms with Crippen molar-refractivity contribution in [2.75, 3.05) is 19.6 Å². The fraction of sp³-hybridized carbons (Fsp3) is 0.875. The Morgan fingerprint density at radius 1 is 1.14 bits per heavy atom. The van der Waals surface area contributed by atoms with Gasteiger partial charge in [-0.2, -0.15) is 0 Å². The maximum Gasteiger partial charge on any atom is 0.320 e. The first-order chi connectivity index (χ1) is 9.97. The third kappa shape index (κ3) is 4.90. The average molecular weight is 296 g/mol. The molecule has 0 unspecified atom stereocenters. The van der Waals surface area contributed by atoms with Crippen LogP contribution in [0.4, 0.5) is 4.79 Å². The van der Waals surface area contributed by atoms with E-state index in [2.05, 4.69) is 13.8 Å². The number of nitrogens with zero attached hydrogens (tertiary/aromatic N) is 2. The molecule has 5 heteroatoms. The van der Waals surface area contributed by atoms with Gasteiger partial charge < -0.3 is 14.9 Å². The van der Waals surface area contributed by atoms with Gasteiger partial charge in [0.2, 0.25) is 0 Å². The number of carboxylic acid groups (broad SMARTS) is 1. The molecule has 21 heavy (non-hydrogen) atoms. The molecule has 0 radical (unpaired) electrons. The van der Waals surface area contributed by atoms with E-state index in [9.17, 15) is 9.59 Å². The Morgan fingerprint density at radius 3 is 2.24 bits per heavy atom. The Labute approximate surface area is 127 Å². The molecule has 0 aromatic heterocycles. The third-order valence-electron chi connectivity index (χ3n) is 4.67. The van der Waals surface area contributed by atoms with E-state index in [-0.39, 0.29) is 18.5 Å². The van der Waals surface area contributed by atoms with E-state index < -0.39 is 5.97 Å². The van der Waals surface area contributed by atoms with E-state index in [1.54, 1.807) is 0 Å². The number of hydrogen-bond acceptors (Lipinski definition) is 2. The van der Waals surface area contributed by atoms with Crippen LogP contribution in [0.3, 0.4) is 0 Å². The zero-order chi connectivity index (χ0) is 15.4. The smallest absolute Gasteiger partial charge is 0.320 e. The number of carbonyl (C=O) groups is 2. The van der Waals surface area contributed by atoms with Crippen LogP contribution in [-0.2, 0) is 4.79 Å². The Balaban J connectivity index is 1.79. The van der Waals surface area contributed by atoms with Crippen molar-refractivity contribution in [3.63, 3.8) is 0 Å². The summed E-state index contributed by atoms with van der Waals surface area (Å²) in [6, 6.07) is 0.427. The fourth-order valence-electron chi connectivity index (χ4n) is 3.01. The molecule has 1 aliphatic carbocycles. The first-order valence-electron chi connectivity index (χ1n) is 8.24. The molecule has 1 N–H and O–H groups in total. The predicted molar refractivity (Wildman–Crippen MR) is 81.1 cm³/mol. The maximum atomic E-state index is 12.6. The molecular formula is C16H28N2O3. The summed E-state index contributed by atoms with van der Waals surface area (Å²) in [5, 5.41) is 8.74. The number of carboxylic acids is 1. The Kier molecular flexibility index (Phi) is 5.48. The van der Waals surface area contributed by atoms with Crippen LogP contribution in [0.5, 0.6) is 0 Å². The molecule has 1 saturated carbocycles. The van der Waals surface area contributed by atoms with E-state index in [4.69, 9.17) is 5.11 Å². The third-order valence-corrected chi connectivity index (χ3v) is 4.67. The second-order valence-electron chi connectivity index (χ2n) is 6.83. The van der Waals surface area contributed by atoms with E-state index in [1.807, 2.05) is 9.80 Å². The standard InChI is InChI=1S/C16H28N2O3/c1-12(2)18(11-14-3-4-14)16(21)17-9-7-13(8-10-17)5-6-15(19)20/h12-14H,3-11H2,1-2H3,(H,19,20). The van der Waals surface area contributed by atoms with Crippen LogP contribution in [-0.4, -0.2) is 52.6 Å². The normalized spacial score (nSPS) is 19.9. The van der Waals surface area contributed by atoms with Crippen LogP contribution in [0.25, 0.3) is 0 Å².